The maximum atomic E-state index is 12.9. The number of hydrogen-bond acceptors (Lipinski definition) is 5. The number of hydrogen-bond donors (Lipinski definition) is 3. The van der Waals surface area contributed by atoms with Gasteiger partial charge in [-0.25, -0.2) is 0 Å². The molecule has 30 heavy (non-hydrogen) atoms. The lowest BCUT2D eigenvalue weighted by Gasteiger charge is -2.25. The van der Waals surface area contributed by atoms with Crippen LogP contribution in [0, 0.1) is 0 Å². The minimum absolute atomic E-state index is 0.00101. The summed E-state index contributed by atoms with van der Waals surface area (Å²) in [5.41, 5.74) is -1.58. The SMILES string of the molecule is O=C1CC(C(=O)Nc2cccc(C(F)(F)F)c2)c2c(nc(N3CCCC3)[nH]c2=O)N1. The van der Waals surface area contributed by atoms with E-state index < -0.39 is 35.0 Å². The first-order chi connectivity index (χ1) is 14.2. The first kappa shape index (κ1) is 19.9. The molecule has 0 radical (unpaired) electrons. The molecule has 0 bridgehead atoms. The van der Waals surface area contributed by atoms with Crippen LogP contribution in [0.3, 0.4) is 0 Å². The summed E-state index contributed by atoms with van der Waals surface area (Å²) >= 11 is 0. The number of carbonyl (C=O) groups is 2. The van der Waals surface area contributed by atoms with Gasteiger partial charge in [-0.15, -0.1) is 0 Å². The zero-order chi connectivity index (χ0) is 21.5. The highest BCUT2D eigenvalue weighted by Gasteiger charge is 2.36. The van der Waals surface area contributed by atoms with Crippen LogP contribution in [0.2, 0.25) is 0 Å². The maximum absolute atomic E-state index is 12.9. The van der Waals surface area contributed by atoms with Gasteiger partial charge < -0.3 is 15.5 Å². The Bertz CT molecular complexity index is 1060. The summed E-state index contributed by atoms with van der Waals surface area (Å²) in [4.78, 5) is 46.4. The molecule has 3 N–H and O–H groups in total. The molecule has 0 aliphatic carbocycles. The second-order valence-electron chi connectivity index (χ2n) is 7.22. The average molecular weight is 421 g/mol. The van der Waals surface area contributed by atoms with Gasteiger partial charge >= 0.3 is 6.18 Å². The molecule has 8 nitrogen and oxygen atoms in total. The van der Waals surface area contributed by atoms with Gasteiger partial charge in [0.05, 0.1) is 17.0 Å². The topological polar surface area (TPSA) is 107 Å². The van der Waals surface area contributed by atoms with E-state index in [1.165, 1.54) is 6.07 Å². The van der Waals surface area contributed by atoms with Crippen LogP contribution in [-0.2, 0) is 15.8 Å². The summed E-state index contributed by atoms with van der Waals surface area (Å²) in [6.45, 7) is 1.43. The number of aromatic amines is 1. The van der Waals surface area contributed by atoms with Gasteiger partial charge in [-0.3, -0.25) is 19.4 Å². The van der Waals surface area contributed by atoms with Crippen molar-refractivity contribution in [1.82, 2.24) is 9.97 Å². The number of nitrogens with zero attached hydrogens (tertiary/aromatic N) is 2. The zero-order valence-corrected chi connectivity index (χ0v) is 15.7. The molecule has 2 aliphatic heterocycles. The molecule has 158 valence electrons. The number of halogens is 3. The fourth-order valence-electron chi connectivity index (χ4n) is 3.66. The third kappa shape index (κ3) is 3.87. The van der Waals surface area contributed by atoms with Gasteiger partial charge in [-0.2, -0.15) is 18.2 Å². The highest BCUT2D eigenvalue weighted by atomic mass is 19.4. The molecule has 1 atom stereocenters. The smallest absolute Gasteiger partial charge is 0.342 e. The number of nitrogens with one attached hydrogen (secondary N) is 3. The fraction of sp³-hybridized carbons (Fsp3) is 0.368. The summed E-state index contributed by atoms with van der Waals surface area (Å²) in [7, 11) is 0. The third-order valence-corrected chi connectivity index (χ3v) is 5.12. The van der Waals surface area contributed by atoms with Crippen molar-refractivity contribution in [2.75, 3.05) is 28.6 Å². The van der Waals surface area contributed by atoms with Crippen LogP contribution in [0.25, 0.3) is 0 Å². The molecule has 11 heteroatoms. The van der Waals surface area contributed by atoms with Crippen LogP contribution in [-0.4, -0.2) is 34.9 Å². The van der Waals surface area contributed by atoms with Gasteiger partial charge in [0.2, 0.25) is 17.8 Å². The first-order valence-corrected chi connectivity index (χ1v) is 9.39. The van der Waals surface area contributed by atoms with Crippen LogP contribution in [0.4, 0.5) is 30.6 Å². The van der Waals surface area contributed by atoms with E-state index in [0.29, 0.717) is 5.95 Å². The van der Waals surface area contributed by atoms with Gasteiger partial charge in [-0.05, 0) is 31.0 Å². The van der Waals surface area contributed by atoms with Crippen molar-refractivity contribution < 1.29 is 22.8 Å². The molecule has 2 aliphatic rings. The van der Waals surface area contributed by atoms with Crippen LogP contribution in [0.1, 0.15) is 36.3 Å². The molecule has 1 unspecified atom stereocenters. The van der Waals surface area contributed by atoms with Crippen LogP contribution in [0.15, 0.2) is 29.1 Å². The van der Waals surface area contributed by atoms with Crippen LogP contribution in [0.5, 0.6) is 0 Å². The number of alkyl halides is 3. The number of aromatic nitrogens is 2. The lowest BCUT2D eigenvalue weighted by Crippen LogP contribution is -2.37. The summed E-state index contributed by atoms with van der Waals surface area (Å²) < 4.78 is 38.7. The van der Waals surface area contributed by atoms with Crippen molar-refractivity contribution in [2.45, 2.75) is 31.4 Å². The number of carbonyl (C=O) groups excluding carboxylic acids is 2. The second kappa shape index (κ2) is 7.47. The van der Waals surface area contributed by atoms with E-state index in [4.69, 9.17) is 0 Å². The van der Waals surface area contributed by atoms with Crippen molar-refractivity contribution in [3.05, 3.63) is 45.7 Å². The molecule has 4 rings (SSSR count). The van der Waals surface area contributed by atoms with Gasteiger partial charge in [0.25, 0.3) is 5.56 Å². The number of anilines is 3. The molecule has 1 fully saturated rings. The first-order valence-electron chi connectivity index (χ1n) is 9.39. The van der Waals surface area contributed by atoms with E-state index in [2.05, 4.69) is 20.6 Å². The van der Waals surface area contributed by atoms with E-state index >= 15 is 0 Å². The minimum Gasteiger partial charge on any atom is -0.342 e. The highest BCUT2D eigenvalue weighted by molar-refractivity contribution is 6.04. The van der Waals surface area contributed by atoms with Gasteiger partial charge in [0.15, 0.2) is 0 Å². The molecule has 1 aromatic carbocycles. The lowest BCUT2D eigenvalue weighted by atomic mass is 9.92. The fourth-order valence-corrected chi connectivity index (χ4v) is 3.66. The number of rotatable bonds is 3. The molecule has 1 saturated heterocycles. The van der Waals surface area contributed by atoms with E-state index in [1.807, 2.05) is 4.90 Å². The van der Waals surface area contributed by atoms with Crippen molar-refractivity contribution in [2.24, 2.45) is 0 Å². The molecule has 0 saturated carbocycles. The zero-order valence-electron chi connectivity index (χ0n) is 15.7. The van der Waals surface area contributed by atoms with Crippen LogP contribution >= 0.6 is 0 Å². The number of H-pyrrole nitrogens is 1. The van der Waals surface area contributed by atoms with Gasteiger partial charge in [-0.1, -0.05) is 6.07 Å². The predicted molar refractivity (Wildman–Crippen MR) is 102 cm³/mol. The van der Waals surface area contributed by atoms with Crippen LogP contribution < -0.4 is 21.1 Å². The summed E-state index contributed by atoms with van der Waals surface area (Å²) in [5.74, 6) is -2.12. The number of fused-ring (bicyclic) bond motifs is 1. The number of benzene rings is 1. The lowest BCUT2D eigenvalue weighted by molar-refractivity contribution is -0.137. The van der Waals surface area contributed by atoms with E-state index in [0.717, 1.165) is 44.1 Å². The van der Waals surface area contributed by atoms with Gasteiger partial charge in [0.1, 0.15) is 5.82 Å². The molecule has 2 amide bonds. The Morgan fingerprint density at radius 2 is 1.93 bits per heavy atom. The Morgan fingerprint density at radius 3 is 2.63 bits per heavy atom. The molecule has 3 heterocycles. The Kier molecular flexibility index (Phi) is 4.96. The van der Waals surface area contributed by atoms with Crippen molar-refractivity contribution >= 4 is 29.3 Å². The van der Waals surface area contributed by atoms with Crippen molar-refractivity contribution in [1.29, 1.82) is 0 Å². The predicted octanol–water partition coefficient (Wildman–Crippen LogP) is 2.45. The van der Waals surface area contributed by atoms with E-state index in [1.54, 1.807) is 0 Å². The summed E-state index contributed by atoms with van der Waals surface area (Å²) in [5, 5.41) is 4.89. The highest BCUT2D eigenvalue weighted by Crippen LogP contribution is 2.33. The van der Waals surface area contributed by atoms with Crippen molar-refractivity contribution in [3.63, 3.8) is 0 Å². The standard InChI is InChI=1S/C19H18F3N5O3/c20-19(21,22)10-4-3-5-11(8-10)23-16(29)12-9-13(28)24-15-14(12)17(30)26-18(25-15)27-6-1-2-7-27/h3-5,8,12H,1-2,6-7,9H2,(H,23,29)(H2,24,25,26,28,30). The molecular formula is C19H18F3N5O3. The third-order valence-electron chi connectivity index (χ3n) is 5.12. The molecular weight excluding hydrogens is 403 g/mol. The largest absolute Gasteiger partial charge is 0.416 e. The molecule has 0 spiro atoms. The Morgan fingerprint density at radius 1 is 1.20 bits per heavy atom. The minimum atomic E-state index is -4.56. The van der Waals surface area contributed by atoms with Crippen molar-refractivity contribution in [3.8, 4) is 0 Å². The number of amides is 2. The van der Waals surface area contributed by atoms with E-state index in [-0.39, 0.29) is 23.5 Å². The van der Waals surface area contributed by atoms with E-state index in [9.17, 15) is 27.6 Å². The summed E-state index contributed by atoms with van der Waals surface area (Å²) in [6, 6.07) is 4.14. The monoisotopic (exact) mass is 421 g/mol. The molecule has 1 aromatic heterocycles. The normalized spacial score (nSPS) is 18.7. The Hall–Kier alpha value is -3.37. The maximum Gasteiger partial charge on any atom is 0.416 e. The average Bonchev–Trinajstić information content (AvgIpc) is 3.21. The summed E-state index contributed by atoms with van der Waals surface area (Å²) in [6.07, 6.45) is -2.97. The second-order valence-corrected chi connectivity index (χ2v) is 7.22. The Labute approximate surface area is 168 Å². The Balaban J connectivity index is 1.63. The quantitative estimate of drug-likeness (QED) is 0.706. The molecule has 2 aromatic rings. The van der Waals surface area contributed by atoms with Gasteiger partial charge in [0, 0.05) is 25.2 Å².